The molecule has 2 aromatic heterocycles. The summed E-state index contributed by atoms with van der Waals surface area (Å²) in [5.74, 6) is 1.94. The molecule has 2 aliphatic rings. The first-order valence-corrected chi connectivity index (χ1v) is 11.4. The van der Waals surface area contributed by atoms with E-state index in [4.69, 9.17) is 30.2 Å². The first-order valence-electron chi connectivity index (χ1n) is 11.4. The van der Waals surface area contributed by atoms with Crippen LogP contribution in [-0.2, 0) is 9.47 Å². The van der Waals surface area contributed by atoms with Gasteiger partial charge in [0.15, 0.2) is 0 Å². The van der Waals surface area contributed by atoms with E-state index in [0.29, 0.717) is 37.7 Å². The van der Waals surface area contributed by atoms with Crippen molar-refractivity contribution in [2.75, 3.05) is 62.3 Å². The lowest BCUT2D eigenvalue weighted by atomic mass is 10.1. The summed E-state index contributed by atoms with van der Waals surface area (Å²) >= 11 is 0. The highest BCUT2D eigenvalue weighted by atomic mass is 35.5. The van der Waals surface area contributed by atoms with Gasteiger partial charge in [-0.05, 0) is 37.9 Å². The molecule has 33 heavy (non-hydrogen) atoms. The molecular weight excluding hydrogens is 444 g/mol. The summed E-state index contributed by atoms with van der Waals surface area (Å²) < 4.78 is 13.4. The predicted molar refractivity (Wildman–Crippen MR) is 130 cm³/mol. The number of benzene rings is 1. The van der Waals surface area contributed by atoms with Crippen molar-refractivity contribution in [3.63, 3.8) is 0 Å². The van der Waals surface area contributed by atoms with E-state index in [-0.39, 0.29) is 18.5 Å². The third-order valence-electron chi connectivity index (χ3n) is 5.96. The van der Waals surface area contributed by atoms with Crippen LogP contribution in [0, 0.1) is 0 Å². The molecule has 0 spiro atoms. The van der Waals surface area contributed by atoms with Crippen molar-refractivity contribution in [2.45, 2.75) is 25.4 Å². The number of hydrogen-bond acceptors (Lipinski definition) is 9. The highest BCUT2D eigenvalue weighted by Gasteiger charge is 2.25. The first-order chi connectivity index (χ1) is 15.8. The first kappa shape index (κ1) is 23.6. The molecule has 0 bridgehead atoms. The molecule has 10 nitrogen and oxygen atoms in total. The molecule has 2 fully saturated rings. The van der Waals surface area contributed by atoms with Gasteiger partial charge in [0.05, 0.1) is 37.0 Å². The number of para-hydroxylation sites is 2. The summed E-state index contributed by atoms with van der Waals surface area (Å²) in [6.07, 6.45) is 5.02. The van der Waals surface area contributed by atoms with E-state index in [0.717, 1.165) is 63.0 Å². The SMILES string of the molecule is Cl.NCCCCC1CN(c2nc(N3CCOCC3)nc(-n3cnc4ccccc43)n2)CCO1. The van der Waals surface area contributed by atoms with Crippen LogP contribution in [0.4, 0.5) is 11.9 Å². The van der Waals surface area contributed by atoms with Gasteiger partial charge in [0.25, 0.3) is 0 Å². The van der Waals surface area contributed by atoms with Crippen molar-refractivity contribution >= 4 is 35.3 Å². The maximum Gasteiger partial charge on any atom is 0.242 e. The van der Waals surface area contributed by atoms with E-state index in [1.807, 2.05) is 28.8 Å². The van der Waals surface area contributed by atoms with Crippen molar-refractivity contribution in [2.24, 2.45) is 5.73 Å². The van der Waals surface area contributed by atoms with Crippen LogP contribution in [-0.4, -0.2) is 83.2 Å². The van der Waals surface area contributed by atoms with Gasteiger partial charge in [-0.2, -0.15) is 15.0 Å². The Morgan fingerprint density at radius 2 is 1.64 bits per heavy atom. The molecule has 0 saturated carbocycles. The van der Waals surface area contributed by atoms with Gasteiger partial charge in [-0.3, -0.25) is 4.57 Å². The lowest BCUT2D eigenvalue weighted by Crippen LogP contribution is -2.44. The van der Waals surface area contributed by atoms with Crippen LogP contribution in [0.5, 0.6) is 0 Å². The van der Waals surface area contributed by atoms with Crippen molar-refractivity contribution in [3.8, 4) is 5.95 Å². The third-order valence-corrected chi connectivity index (χ3v) is 5.96. The van der Waals surface area contributed by atoms with Crippen LogP contribution >= 0.6 is 12.4 Å². The number of unbranched alkanes of at least 4 members (excludes halogenated alkanes) is 1. The lowest BCUT2D eigenvalue weighted by molar-refractivity contribution is 0.0332. The summed E-state index contributed by atoms with van der Waals surface area (Å²) in [7, 11) is 0. The van der Waals surface area contributed by atoms with Crippen molar-refractivity contribution in [1.82, 2.24) is 24.5 Å². The Hall–Kier alpha value is -2.53. The number of fused-ring (bicyclic) bond motifs is 1. The normalized spacial score (nSPS) is 19.0. The Bertz CT molecular complexity index is 1040. The number of hydrogen-bond donors (Lipinski definition) is 1. The van der Waals surface area contributed by atoms with E-state index in [1.165, 1.54) is 0 Å². The molecule has 1 aromatic carbocycles. The van der Waals surface area contributed by atoms with Crippen LogP contribution in [0.25, 0.3) is 17.0 Å². The maximum atomic E-state index is 5.99. The van der Waals surface area contributed by atoms with Gasteiger partial charge in [0, 0.05) is 26.2 Å². The third kappa shape index (κ3) is 5.35. The Balaban J connectivity index is 0.00000259. The fourth-order valence-corrected chi connectivity index (χ4v) is 4.21. The second-order valence-corrected chi connectivity index (χ2v) is 8.16. The van der Waals surface area contributed by atoms with Gasteiger partial charge in [0.2, 0.25) is 17.8 Å². The number of nitrogens with two attached hydrogens (primary N) is 1. The van der Waals surface area contributed by atoms with Crippen LogP contribution in [0.3, 0.4) is 0 Å². The summed E-state index contributed by atoms with van der Waals surface area (Å²) in [5, 5.41) is 0. The molecule has 2 aliphatic heterocycles. The minimum Gasteiger partial charge on any atom is -0.378 e. The summed E-state index contributed by atoms with van der Waals surface area (Å²) in [6.45, 7) is 5.77. The Morgan fingerprint density at radius 1 is 0.909 bits per heavy atom. The molecule has 3 aromatic rings. The zero-order chi connectivity index (χ0) is 21.8. The minimum absolute atomic E-state index is 0. The van der Waals surface area contributed by atoms with E-state index in [1.54, 1.807) is 6.33 Å². The molecule has 2 N–H and O–H groups in total. The number of aromatic nitrogens is 5. The van der Waals surface area contributed by atoms with Crippen LogP contribution in [0.15, 0.2) is 30.6 Å². The van der Waals surface area contributed by atoms with Gasteiger partial charge in [-0.25, -0.2) is 4.98 Å². The zero-order valence-corrected chi connectivity index (χ0v) is 19.5. The molecule has 5 rings (SSSR count). The number of morpholine rings is 2. The van der Waals surface area contributed by atoms with Gasteiger partial charge >= 0.3 is 0 Å². The molecule has 0 aliphatic carbocycles. The number of ether oxygens (including phenoxy) is 2. The van der Waals surface area contributed by atoms with E-state index >= 15 is 0 Å². The molecule has 11 heteroatoms. The Labute approximate surface area is 199 Å². The average Bonchev–Trinajstić information content (AvgIpc) is 3.29. The number of rotatable bonds is 7. The largest absolute Gasteiger partial charge is 0.378 e. The highest BCUT2D eigenvalue weighted by molar-refractivity contribution is 5.85. The number of imidazole rings is 1. The average molecular weight is 475 g/mol. The van der Waals surface area contributed by atoms with E-state index in [2.05, 4.69) is 14.8 Å². The zero-order valence-electron chi connectivity index (χ0n) is 18.7. The quantitative estimate of drug-likeness (QED) is 0.513. The summed E-state index contributed by atoms with van der Waals surface area (Å²) in [5.41, 5.74) is 7.54. The summed E-state index contributed by atoms with van der Waals surface area (Å²) in [4.78, 5) is 23.5. The van der Waals surface area contributed by atoms with Crippen LogP contribution in [0.2, 0.25) is 0 Å². The minimum atomic E-state index is 0. The Kier molecular flexibility index (Phi) is 7.92. The molecule has 4 heterocycles. The van der Waals surface area contributed by atoms with Gasteiger partial charge in [-0.15, -0.1) is 12.4 Å². The van der Waals surface area contributed by atoms with E-state index in [9.17, 15) is 0 Å². The van der Waals surface area contributed by atoms with Crippen molar-refractivity contribution in [3.05, 3.63) is 30.6 Å². The molecule has 178 valence electrons. The second kappa shape index (κ2) is 11.1. The molecule has 2 saturated heterocycles. The molecule has 1 atom stereocenters. The topological polar surface area (TPSA) is 107 Å². The van der Waals surface area contributed by atoms with Gasteiger partial charge < -0.3 is 25.0 Å². The monoisotopic (exact) mass is 474 g/mol. The smallest absolute Gasteiger partial charge is 0.242 e. The van der Waals surface area contributed by atoms with E-state index < -0.39 is 0 Å². The molecule has 1 unspecified atom stereocenters. The molecule has 0 radical (unpaired) electrons. The maximum absolute atomic E-state index is 5.99. The second-order valence-electron chi connectivity index (χ2n) is 8.16. The fraction of sp³-hybridized carbons (Fsp3) is 0.545. The predicted octanol–water partition coefficient (Wildman–Crippen LogP) is 1.80. The number of nitrogens with zero attached hydrogens (tertiary/aromatic N) is 7. The van der Waals surface area contributed by atoms with Gasteiger partial charge in [0.1, 0.15) is 6.33 Å². The standard InChI is InChI=1S/C22H30N8O2.ClH/c23-8-4-3-5-17-15-29(11-14-32-17)21-25-20(28-9-12-31-13-10-28)26-22(27-21)30-16-24-18-6-1-2-7-19(18)30;/h1-2,6-7,16-17H,3-5,8-15,23H2;1H. The van der Waals surface area contributed by atoms with Gasteiger partial charge in [-0.1, -0.05) is 12.1 Å². The number of anilines is 2. The summed E-state index contributed by atoms with van der Waals surface area (Å²) in [6, 6.07) is 8.00. The molecule has 0 amide bonds. The van der Waals surface area contributed by atoms with Crippen LogP contribution < -0.4 is 15.5 Å². The number of halogens is 1. The highest BCUT2D eigenvalue weighted by Crippen LogP contribution is 2.23. The fourth-order valence-electron chi connectivity index (χ4n) is 4.21. The Morgan fingerprint density at radius 3 is 2.45 bits per heavy atom. The van der Waals surface area contributed by atoms with Crippen molar-refractivity contribution in [1.29, 1.82) is 0 Å². The molecular formula is C22H31ClN8O2. The van der Waals surface area contributed by atoms with Crippen molar-refractivity contribution < 1.29 is 9.47 Å². The lowest BCUT2D eigenvalue weighted by Gasteiger charge is -2.34. The van der Waals surface area contributed by atoms with Crippen LogP contribution in [0.1, 0.15) is 19.3 Å².